The molecule has 1 amide bonds. The van der Waals surface area contributed by atoms with Crippen molar-refractivity contribution in [1.29, 1.82) is 5.26 Å². The molecule has 3 nitrogen and oxygen atoms in total. The van der Waals surface area contributed by atoms with Crippen LogP contribution in [0.5, 0.6) is 0 Å². The third-order valence-corrected chi connectivity index (χ3v) is 3.13. The molecule has 0 aromatic heterocycles. The van der Waals surface area contributed by atoms with Crippen LogP contribution in [-0.4, -0.2) is 5.91 Å². The lowest BCUT2D eigenvalue weighted by atomic mass is 10.1. The van der Waals surface area contributed by atoms with Crippen LogP contribution in [0.4, 0.5) is 14.5 Å². The molecular weight excluding hydrogens is 298 g/mol. The fourth-order valence-corrected chi connectivity index (χ4v) is 2.00. The summed E-state index contributed by atoms with van der Waals surface area (Å²) in [5, 5.41) is 11.5. The van der Waals surface area contributed by atoms with Crippen molar-refractivity contribution in [1.82, 2.24) is 0 Å². The highest BCUT2D eigenvalue weighted by Gasteiger charge is 2.13. The van der Waals surface area contributed by atoms with Crippen LogP contribution in [0.15, 0.2) is 36.4 Å². The molecule has 0 aliphatic carbocycles. The molecule has 2 aromatic carbocycles. The van der Waals surface area contributed by atoms with Gasteiger partial charge >= 0.3 is 0 Å². The number of rotatable bonds is 3. The summed E-state index contributed by atoms with van der Waals surface area (Å²) in [5.41, 5.74) is 0.219. The molecule has 0 unspecified atom stereocenters. The Morgan fingerprint density at radius 2 is 2.05 bits per heavy atom. The number of benzene rings is 2. The second-order valence-corrected chi connectivity index (χ2v) is 4.63. The Hall–Kier alpha value is -2.45. The second-order valence-electron chi connectivity index (χ2n) is 4.23. The quantitative estimate of drug-likeness (QED) is 0.940. The smallest absolute Gasteiger partial charge is 0.228 e. The molecule has 106 valence electrons. The van der Waals surface area contributed by atoms with Gasteiger partial charge in [0.2, 0.25) is 5.91 Å². The molecule has 0 saturated carbocycles. The van der Waals surface area contributed by atoms with Crippen LogP contribution in [0.2, 0.25) is 5.02 Å². The number of anilines is 1. The normalized spacial score (nSPS) is 10.0. The molecule has 0 aliphatic heterocycles. The zero-order valence-corrected chi connectivity index (χ0v) is 11.4. The largest absolute Gasteiger partial charge is 0.325 e. The van der Waals surface area contributed by atoms with Crippen LogP contribution in [0.1, 0.15) is 11.1 Å². The SMILES string of the molecule is N#Cc1cc(F)ccc1NC(=O)Cc1c(F)cccc1Cl. The molecule has 21 heavy (non-hydrogen) atoms. The standard InChI is InChI=1S/C15H9ClF2N2O/c16-12-2-1-3-13(18)11(12)7-15(21)20-14-5-4-10(17)6-9(14)8-19/h1-6H,7H2,(H,20,21). The first-order valence-electron chi connectivity index (χ1n) is 5.93. The van der Waals surface area contributed by atoms with Crippen molar-refractivity contribution >= 4 is 23.2 Å². The van der Waals surface area contributed by atoms with E-state index in [1.165, 1.54) is 24.3 Å². The van der Waals surface area contributed by atoms with Gasteiger partial charge in [-0.2, -0.15) is 5.26 Å². The predicted molar refractivity (Wildman–Crippen MR) is 74.9 cm³/mol. The fraction of sp³-hybridized carbons (Fsp3) is 0.0667. The molecule has 2 aromatic rings. The summed E-state index contributed by atoms with van der Waals surface area (Å²) in [6.45, 7) is 0. The van der Waals surface area contributed by atoms with Crippen LogP contribution in [0.3, 0.4) is 0 Å². The number of halogens is 3. The van der Waals surface area contributed by atoms with E-state index in [9.17, 15) is 13.6 Å². The van der Waals surface area contributed by atoms with E-state index < -0.39 is 17.5 Å². The molecule has 0 atom stereocenters. The van der Waals surface area contributed by atoms with Crippen LogP contribution >= 0.6 is 11.6 Å². The molecule has 1 N–H and O–H groups in total. The van der Waals surface area contributed by atoms with Gasteiger partial charge in [-0.25, -0.2) is 8.78 Å². The third-order valence-electron chi connectivity index (χ3n) is 2.78. The highest BCUT2D eigenvalue weighted by Crippen LogP contribution is 2.21. The Balaban J connectivity index is 2.18. The Morgan fingerprint density at radius 3 is 2.71 bits per heavy atom. The predicted octanol–water partition coefficient (Wildman–Crippen LogP) is 3.67. The van der Waals surface area contributed by atoms with E-state index in [4.69, 9.17) is 16.9 Å². The van der Waals surface area contributed by atoms with Gasteiger partial charge in [0.25, 0.3) is 0 Å². The summed E-state index contributed by atoms with van der Waals surface area (Å²) in [6, 6.07) is 9.29. The fourth-order valence-electron chi connectivity index (χ4n) is 1.77. The van der Waals surface area contributed by atoms with Crippen LogP contribution in [0.25, 0.3) is 0 Å². The van der Waals surface area contributed by atoms with E-state index in [2.05, 4.69) is 5.32 Å². The van der Waals surface area contributed by atoms with Crippen molar-refractivity contribution in [2.24, 2.45) is 0 Å². The topological polar surface area (TPSA) is 52.9 Å². The summed E-state index contributed by atoms with van der Waals surface area (Å²) in [7, 11) is 0. The van der Waals surface area contributed by atoms with E-state index in [-0.39, 0.29) is 28.3 Å². The minimum atomic E-state index is -0.586. The van der Waals surface area contributed by atoms with E-state index in [0.717, 1.165) is 12.1 Å². The third kappa shape index (κ3) is 3.56. The molecule has 0 spiro atoms. The molecule has 2 rings (SSSR count). The van der Waals surface area contributed by atoms with Crippen molar-refractivity contribution < 1.29 is 13.6 Å². The van der Waals surface area contributed by atoms with Gasteiger partial charge in [0.1, 0.15) is 17.7 Å². The first-order chi connectivity index (χ1) is 10.0. The van der Waals surface area contributed by atoms with Crippen molar-refractivity contribution in [3.05, 3.63) is 64.2 Å². The van der Waals surface area contributed by atoms with Crippen LogP contribution in [-0.2, 0) is 11.2 Å². The summed E-state index contributed by atoms with van der Waals surface area (Å²) < 4.78 is 26.6. The lowest BCUT2D eigenvalue weighted by molar-refractivity contribution is -0.115. The number of hydrogen-bond donors (Lipinski definition) is 1. The molecule has 6 heteroatoms. The van der Waals surface area contributed by atoms with Gasteiger partial charge in [-0.3, -0.25) is 4.79 Å². The summed E-state index contributed by atoms with van der Waals surface area (Å²) in [6.07, 6.45) is -0.284. The molecule has 0 fully saturated rings. The van der Waals surface area contributed by atoms with E-state index in [0.29, 0.717) is 0 Å². The van der Waals surface area contributed by atoms with E-state index in [1.807, 2.05) is 0 Å². The number of carbonyl (C=O) groups excluding carboxylic acids is 1. The minimum Gasteiger partial charge on any atom is -0.325 e. The van der Waals surface area contributed by atoms with Gasteiger partial charge in [-0.1, -0.05) is 17.7 Å². The van der Waals surface area contributed by atoms with Crippen LogP contribution in [0, 0.1) is 23.0 Å². The second kappa shape index (κ2) is 6.33. The maximum atomic E-state index is 13.6. The monoisotopic (exact) mass is 306 g/mol. The zero-order chi connectivity index (χ0) is 15.4. The first-order valence-corrected chi connectivity index (χ1v) is 6.31. The average Bonchev–Trinajstić information content (AvgIpc) is 2.45. The summed E-state index contributed by atoms with van der Waals surface area (Å²) >= 11 is 5.83. The Kier molecular flexibility index (Phi) is 4.51. The maximum absolute atomic E-state index is 13.6. The van der Waals surface area contributed by atoms with Gasteiger partial charge in [0, 0.05) is 10.6 Å². The number of carbonyl (C=O) groups is 1. The van der Waals surface area contributed by atoms with Gasteiger partial charge in [-0.15, -0.1) is 0 Å². The number of nitriles is 1. The summed E-state index contributed by atoms with van der Waals surface area (Å²) in [5.74, 6) is -1.72. The molecule has 0 heterocycles. The van der Waals surface area contributed by atoms with Crippen LogP contribution < -0.4 is 5.32 Å². The van der Waals surface area contributed by atoms with Crippen molar-refractivity contribution in [3.8, 4) is 6.07 Å². The summed E-state index contributed by atoms with van der Waals surface area (Å²) in [4.78, 5) is 11.9. The number of nitrogens with one attached hydrogen (secondary N) is 1. The van der Waals surface area contributed by atoms with E-state index in [1.54, 1.807) is 6.07 Å². The highest BCUT2D eigenvalue weighted by atomic mass is 35.5. The van der Waals surface area contributed by atoms with E-state index >= 15 is 0 Å². The lowest BCUT2D eigenvalue weighted by Crippen LogP contribution is -2.16. The number of hydrogen-bond acceptors (Lipinski definition) is 2. The number of amides is 1. The molecule has 0 bridgehead atoms. The minimum absolute atomic E-state index is 0.0111. The molecule has 0 radical (unpaired) electrons. The number of nitrogens with zero attached hydrogens (tertiary/aromatic N) is 1. The van der Waals surface area contributed by atoms with Crippen molar-refractivity contribution in [2.75, 3.05) is 5.32 Å². The van der Waals surface area contributed by atoms with Gasteiger partial charge in [-0.05, 0) is 30.3 Å². The maximum Gasteiger partial charge on any atom is 0.228 e. The van der Waals surface area contributed by atoms with Crippen molar-refractivity contribution in [3.63, 3.8) is 0 Å². The molecule has 0 saturated heterocycles. The van der Waals surface area contributed by atoms with Gasteiger partial charge in [0.15, 0.2) is 0 Å². The molecule has 0 aliphatic rings. The Bertz CT molecular complexity index is 721. The van der Waals surface area contributed by atoms with Crippen molar-refractivity contribution in [2.45, 2.75) is 6.42 Å². The lowest BCUT2D eigenvalue weighted by Gasteiger charge is -2.08. The zero-order valence-electron chi connectivity index (χ0n) is 10.7. The Labute approximate surface area is 124 Å². The highest BCUT2D eigenvalue weighted by molar-refractivity contribution is 6.31. The first kappa shape index (κ1) is 14.9. The molecular formula is C15H9ClF2N2O. The van der Waals surface area contributed by atoms with Gasteiger partial charge in [0.05, 0.1) is 17.7 Å². The van der Waals surface area contributed by atoms with Gasteiger partial charge < -0.3 is 5.32 Å². The average molecular weight is 307 g/mol. The Morgan fingerprint density at radius 1 is 1.29 bits per heavy atom.